The van der Waals surface area contributed by atoms with Gasteiger partial charge in [-0.05, 0) is 23.8 Å². The number of alkyl halides is 3. The molecule has 33 heavy (non-hydrogen) atoms. The average Bonchev–Trinajstić information content (AvgIpc) is 3.35. The Bertz CT molecular complexity index is 1050. The molecule has 0 unspecified atom stereocenters. The summed E-state index contributed by atoms with van der Waals surface area (Å²) >= 11 is 1.03. The van der Waals surface area contributed by atoms with Gasteiger partial charge in [-0.25, -0.2) is 9.97 Å². The summed E-state index contributed by atoms with van der Waals surface area (Å²) in [6, 6.07) is 14.2. The van der Waals surface area contributed by atoms with E-state index in [9.17, 15) is 18.0 Å². The van der Waals surface area contributed by atoms with Crippen LogP contribution in [0.15, 0.2) is 64.4 Å². The number of amides is 1. The van der Waals surface area contributed by atoms with E-state index >= 15 is 0 Å². The lowest BCUT2D eigenvalue weighted by atomic mass is 10.2. The van der Waals surface area contributed by atoms with Crippen LogP contribution in [0.1, 0.15) is 17.7 Å². The minimum absolute atomic E-state index is 0.0138. The summed E-state index contributed by atoms with van der Waals surface area (Å²) in [5.41, 5.74) is 0.265. The third-order valence-electron chi connectivity index (χ3n) is 5.29. The summed E-state index contributed by atoms with van der Waals surface area (Å²) in [5, 5.41) is -0.0308. The smallest absolute Gasteiger partial charge is 0.433 e. The van der Waals surface area contributed by atoms with Crippen molar-refractivity contribution in [2.75, 3.05) is 31.9 Å². The van der Waals surface area contributed by atoms with Gasteiger partial charge in [0.05, 0.1) is 6.26 Å². The summed E-state index contributed by atoms with van der Waals surface area (Å²) in [5.74, 6) is 0.511. The maximum Gasteiger partial charge on any atom is 0.433 e. The lowest BCUT2D eigenvalue weighted by Crippen LogP contribution is -2.48. The highest BCUT2D eigenvalue weighted by Crippen LogP contribution is 2.32. The predicted octanol–water partition coefficient (Wildman–Crippen LogP) is 4.58. The van der Waals surface area contributed by atoms with Crippen molar-refractivity contribution in [2.24, 2.45) is 0 Å². The van der Waals surface area contributed by atoms with Gasteiger partial charge in [0.2, 0.25) is 5.91 Å². The number of rotatable bonds is 7. The molecule has 1 aliphatic heterocycles. The van der Waals surface area contributed by atoms with E-state index in [4.69, 9.17) is 4.42 Å². The monoisotopic (exact) mass is 476 g/mol. The molecule has 10 heteroatoms. The van der Waals surface area contributed by atoms with Crippen molar-refractivity contribution >= 4 is 17.7 Å². The molecule has 0 atom stereocenters. The molecular formula is C23H23F3N4O2S. The van der Waals surface area contributed by atoms with Crippen molar-refractivity contribution < 1.29 is 22.4 Å². The van der Waals surface area contributed by atoms with Crippen LogP contribution in [0, 0.1) is 0 Å². The van der Waals surface area contributed by atoms with Crippen LogP contribution in [0.5, 0.6) is 0 Å². The van der Waals surface area contributed by atoms with E-state index in [0.29, 0.717) is 18.8 Å². The van der Waals surface area contributed by atoms with Crippen LogP contribution in [0.25, 0.3) is 11.5 Å². The second-order valence-corrected chi connectivity index (χ2v) is 8.70. The van der Waals surface area contributed by atoms with Gasteiger partial charge in [0.25, 0.3) is 0 Å². The topological polar surface area (TPSA) is 62.5 Å². The van der Waals surface area contributed by atoms with E-state index in [1.807, 2.05) is 23.1 Å². The predicted molar refractivity (Wildman–Crippen MR) is 118 cm³/mol. The quantitative estimate of drug-likeness (QED) is 0.367. The van der Waals surface area contributed by atoms with E-state index in [1.165, 1.54) is 17.9 Å². The number of hydrogen-bond acceptors (Lipinski definition) is 6. The van der Waals surface area contributed by atoms with Crippen LogP contribution in [0.2, 0.25) is 0 Å². The minimum atomic E-state index is -4.60. The molecule has 0 radical (unpaired) electrons. The van der Waals surface area contributed by atoms with Crippen molar-refractivity contribution in [3.05, 3.63) is 66.1 Å². The van der Waals surface area contributed by atoms with Crippen LogP contribution in [-0.4, -0.2) is 57.6 Å². The summed E-state index contributed by atoms with van der Waals surface area (Å²) in [6.07, 6.45) is -3.02. The number of piperazine rings is 1. The molecule has 1 aliphatic rings. The van der Waals surface area contributed by atoms with Crippen molar-refractivity contribution in [3.8, 4) is 11.5 Å². The highest BCUT2D eigenvalue weighted by Gasteiger charge is 2.34. The second-order valence-electron chi connectivity index (χ2n) is 7.64. The largest absolute Gasteiger partial charge is 0.463 e. The maximum absolute atomic E-state index is 13.3. The first kappa shape index (κ1) is 23.3. The van der Waals surface area contributed by atoms with Gasteiger partial charge in [0.15, 0.2) is 10.9 Å². The zero-order valence-corrected chi connectivity index (χ0v) is 18.6. The standard InChI is InChI=1S/C23H23F3N4O2S/c24-23(25,26)20-15-18(19-7-4-13-32-19)27-22(28-20)33-14-8-21(31)30-11-9-29(10-12-30)16-17-5-2-1-3-6-17/h1-7,13,15H,8-12,14,16H2. The molecule has 1 fully saturated rings. The van der Waals surface area contributed by atoms with Gasteiger partial charge >= 0.3 is 6.18 Å². The SMILES string of the molecule is O=C(CCSc1nc(-c2ccco2)cc(C(F)(F)F)n1)N1CCN(Cc2ccccc2)CC1. The fourth-order valence-electron chi connectivity index (χ4n) is 3.57. The van der Waals surface area contributed by atoms with Gasteiger partial charge in [0, 0.05) is 44.9 Å². The summed E-state index contributed by atoms with van der Waals surface area (Å²) in [4.78, 5) is 24.5. The highest BCUT2D eigenvalue weighted by molar-refractivity contribution is 7.99. The number of carbonyl (C=O) groups excluding carboxylic acids is 1. The molecule has 0 aliphatic carbocycles. The lowest BCUT2D eigenvalue weighted by molar-refractivity contribution is -0.141. The van der Waals surface area contributed by atoms with Gasteiger partial charge in [-0.1, -0.05) is 42.1 Å². The number of nitrogens with zero attached hydrogens (tertiary/aromatic N) is 4. The number of aromatic nitrogens is 2. The molecule has 0 bridgehead atoms. The number of carbonyl (C=O) groups is 1. The van der Waals surface area contributed by atoms with Crippen LogP contribution in [0.3, 0.4) is 0 Å². The van der Waals surface area contributed by atoms with Gasteiger partial charge < -0.3 is 9.32 Å². The lowest BCUT2D eigenvalue weighted by Gasteiger charge is -2.34. The molecule has 6 nitrogen and oxygen atoms in total. The van der Waals surface area contributed by atoms with Gasteiger partial charge in [-0.3, -0.25) is 9.69 Å². The van der Waals surface area contributed by atoms with Crippen LogP contribution in [0.4, 0.5) is 13.2 Å². The third kappa shape index (κ3) is 6.35. The molecule has 1 aromatic carbocycles. The Hall–Kier alpha value is -2.85. The fraction of sp³-hybridized carbons (Fsp3) is 0.348. The fourth-order valence-corrected chi connectivity index (χ4v) is 4.36. The maximum atomic E-state index is 13.3. The zero-order valence-electron chi connectivity index (χ0n) is 17.8. The molecule has 3 aromatic rings. The molecule has 0 saturated carbocycles. The van der Waals surface area contributed by atoms with Gasteiger partial charge in [-0.15, -0.1) is 0 Å². The van der Waals surface area contributed by atoms with Crippen LogP contribution < -0.4 is 0 Å². The molecule has 2 aromatic heterocycles. The Morgan fingerprint density at radius 1 is 1.03 bits per heavy atom. The number of furan rings is 1. The summed E-state index contributed by atoms with van der Waals surface area (Å²) in [7, 11) is 0. The van der Waals surface area contributed by atoms with Crippen LogP contribution >= 0.6 is 11.8 Å². The molecule has 3 heterocycles. The third-order valence-corrected chi connectivity index (χ3v) is 6.14. The van der Waals surface area contributed by atoms with Gasteiger partial charge in [0.1, 0.15) is 11.4 Å². The van der Waals surface area contributed by atoms with Crippen LogP contribution in [-0.2, 0) is 17.5 Å². The Morgan fingerprint density at radius 2 is 1.79 bits per heavy atom. The number of hydrogen-bond donors (Lipinski definition) is 0. The molecule has 0 N–H and O–H groups in total. The highest BCUT2D eigenvalue weighted by atomic mass is 32.2. The van der Waals surface area contributed by atoms with E-state index in [-0.39, 0.29) is 28.9 Å². The van der Waals surface area contributed by atoms with Crippen molar-refractivity contribution in [2.45, 2.75) is 24.3 Å². The summed E-state index contributed by atoms with van der Waals surface area (Å²) < 4.78 is 45.0. The van der Waals surface area contributed by atoms with Crippen molar-refractivity contribution in [1.29, 1.82) is 0 Å². The minimum Gasteiger partial charge on any atom is -0.463 e. The van der Waals surface area contributed by atoms with Crippen molar-refractivity contribution in [1.82, 2.24) is 19.8 Å². The first-order valence-electron chi connectivity index (χ1n) is 10.6. The number of benzene rings is 1. The van der Waals surface area contributed by atoms with Crippen molar-refractivity contribution in [3.63, 3.8) is 0 Å². The Kier molecular flexibility index (Phi) is 7.34. The molecule has 4 rings (SSSR count). The average molecular weight is 477 g/mol. The molecular weight excluding hydrogens is 453 g/mol. The Balaban J connectivity index is 1.29. The molecule has 1 amide bonds. The van der Waals surface area contributed by atoms with Gasteiger partial charge in [-0.2, -0.15) is 13.2 Å². The van der Waals surface area contributed by atoms with E-state index in [2.05, 4.69) is 27.0 Å². The molecule has 0 spiro atoms. The molecule has 1 saturated heterocycles. The van der Waals surface area contributed by atoms with E-state index in [1.54, 1.807) is 6.07 Å². The zero-order chi connectivity index (χ0) is 23.3. The van der Waals surface area contributed by atoms with E-state index in [0.717, 1.165) is 37.5 Å². The summed E-state index contributed by atoms with van der Waals surface area (Å²) in [6.45, 7) is 3.70. The number of thioether (sulfide) groups is 1. The first-order chi connectivity index (χ1) is 15.9. The molecule has 174 valence electrons. The number of halogens is 3. The second kappa shape index (κ2) is 10.4. The Morgan fingerprint density at radius 3 is 2.45 bits per heavy atom. The first-order valence-corrected chi connectivity index (χ1v) is 11.5. The normalized spacial score (nSPS) is 15.1. The van der Waals surface area contributed by atoms with E-state index < -0.39 is 11.9 Å². The Labute approximate surface area is 193 Å².